The molecular weight excluding hydrogens is 302 g/mol. The van der Waals surface area contributed by atoms with Crippen LogP contribution in [0.25, 0.3) is 0 Å². The lowest BCUT2D eigenvalue weighted by atomic mass is 10.1. The van der Waals surface area contributed by atoms with Crippen molar-refractivity contribution in [1.29, 1.82) is 0 Å². The molecule has 1 aromatic rings. The molecule has 0 bridgehead atoms. The molecule has 1 fully saturated rings. The zero-order chi connectivity index (χ0) is 16.9. The molecule has 5 heteroatoms. The van der Waals surface area contributed by atoms with Gasteiger partial charge < -0.3 is 14.9 Å². The SMILES string of the molecule is CN1CCN(C(=O)CN(CCCO)C2CCc3ccccc32)CC1. The number of likely N-dealkylation sites (N-methyl/N-ethyl adjacent to an activating group) is 1. The lowest BCUT2D eigenvalue weighted by molar-refractivity contribution is -0.134. The molecule has 5 nitrogen and oxygen atoms in total. The zero-order valence-electron chi connectivity index (χ0n) is 14.7. The number of benzene rings is 1. The van der Waals surface area contributed by atoms with E-state index < -0.39 is 0 Å². The number of carbonyl (C=O) groups is 1. The van der Waals surface area contributed by atoms with Gasteiger partial charge in [-0.2, -0.15) is 0 Å². The molecule has 1 heterocycles. The van der Waals surface area contributed by atoms with Gasteiger partial charge in [0.25, 0.3) is 0 Å². The third kappa shape index (κ3) is 3.97. The van der Waals surface area contributed by atoms with Crippen LogP contribution in [-0.4, -0.2) is 78.6 Å². The summed E-state index contributed by atoms with van der Waals surface area (Å²) in [7, 11) is 2.10. The van der Waals surface area contributed by atoms with Gasteiger partial charge in [0, 0.05) is 45.4 Å². The average Bonchev–Trinajstić information content (AvgIpc) is 3.03. The summed E-state index contributed by atoms with van der Waals surface area (Å²) in [5, 5.41) is 9.24. The molecule has 132 valence electrons. The van der Waals surface area contributed by atoms with Crippen LogP contribution in [0.4, 0.5) is 0 Å². The van der Waals surface area contributed by atoms with Crippen molar-refractivity contribution < 1.29 is 9.90 Å². The van der Waals surface area contributed by atoms with Gasteiger partial charge in [-0.05, 0) is 37.4 Å². The van der Waals surface area contributed by atoms with Gasteiger partial charge in [0.15, 0.2) is 0 Å². The third-order valence-corrected chi connectivity index (χ3v) is 5.34. The molecule has 0 aromatic heterocycles. The van der Waals surface area contributed by atoms with E-state index >= 15 is 0 Å². The molecule has 1 atom stereocenters. The maximum atomic E-state index is 12.8. The number of fused-ring (bicyclic) bond motifs is 1. The lowest BCUT2D eigenvalue weighted by Crippen LogP contribution is -2.50. The maximum absolute atomic E-state index is 12.8. The quantitative estimate of drug-likeness (QED) is 0.849. The molecule has 1 aliphatic heterocycles. The van der Waals surface area contributed by atoms with Gasteiger partial charge >= 0.3 is 0 Å². The van der Waals surface area contributed by atoms with Crippen LogP contribution in [0.5, 0.6) is 0 Å². The first-order chi connectivity index (χ1) is 11.7. The fourth-order valence-electron chi connectivity index (χ4n) is 3.86. The fourth-order valence-corrected chi connectivity index (χ4v) is 3.86. The van der Waals surface area contributed by atoms with E-state index in [-0.39, 0.29) is 12.5 Å². The second-order valence-electron chi connectivity index (χ2n) is 6.98. The normalized spacial score (nSPS) is 21.3. The summed E-state index contributed by atoms with van der Waals surface area (Å²) in [6.45, 7) is 4.96. The predicted molar refractivity (Wildman–Crippen MR) is 94.9 cm³/mol. The Labute approximate surface area is 144 Å². The molecule has 1 N–H and O–H groups in total. The molecule has 0 spiro atoms. The molecule has 0 saturated carbocycles. The number of rotatable bonds is 6. The average molecular weight is 331 g/mol. The minimum Gasteiger partial charge on any atom is -0.396 e. The lowest BCUT2D eigenvalue weighted by Gasteiger charge is -2.35. The van der Waals surface area contributed by atoms with Crippen molar-refractivity contribution in [1.82, 2.24) is 14.7 Å². The molecule has 3 rings (SSSR count). The van der Waals surface area contributed by atoms with Gasteiger partial charge in [-0.25, -0.2) is 0 Å². The van der Waals surface area contributed by atoms with E-state index in [2.05, 4.69) is 41.1 Å². The molecule has 0 radical (unpaired) electrons. The highest BCUT2D eigenvalue weighted by Gasteiger charge is 2.30. The summed E-state index contributed by atoms with van der Waals surface area (Å²) in [6.07, 6.45) is 2.87. The van der Waals surface area contributed by atoms with E-state index in [1.54, 1.807) is 0 Å². The topological polar surface area (TPSA) is 47.0 Å². The first kappa shape index (κ1) is 17.4. The Morgan fingerprint density at radius 1 is 1.25 bits per heavy atom. The van der Waals surface area contributed by atoms with Gasteiger partial charge in [0.05, 0.1) is 6.54 Å². The summed E-state index contributed by atoms with van der Waals surface area (Å²) < 4.78 is 0. The monoisotopic (exact) mass is 331 g/mol. The smallest absolute Gasteiger partial charge is 0.236 e. The molecule has 1 amide bonds. The standard InChI is InChI=1S/C19H29N3O2/c1-20-10-12-21(13-11-20)19(24)15-22(9-4-14-23)18-8-7-16-5-2-3-6-17(16)18/h2-3,5-6,18,23H,4,7-15H2,1H3. The van der Waals surface area contributed by atoms with E-state index in [0.29, 0.717) is 19.0 Å². The Morgan fingerprint density at radius 2 is 2.00 bits per heavy atom. The van der Waals surface area contributed by atoms with Gasteiger partial charge in [-0.1, -0.05) is 24.3 Å². The van der Waals surface area contributed by atoms with Crippen LogP contribution < -0.4 is 0 Å². The van der Waals surface area contributed by atoms with E-state index in [4.69, 9.17) is 0 Å². The van der Waals surface area contributed by atoms with Crippen LogP contribution in [0.3, 0.4) is 0 Å². The minimum absolute atomic E-state index is 0.174. The minimum atomic E-state index is 0.174. The maximum Gasteiger partial charge on any atom is 0.236 e. The molecule has 1 saturated heterocycles. The predicted octanol–water partition coefficient (Wildman–Crippen LogP) is 1.13. The second kappa shape index (κ2) is 8.10. The van der Waals surface area contributed by atoms with E-state index in [1.165, 1.54) is 11.1 Å². The van der Waals surface area contributed by atoms with Gasteiger partial charge in [-0.3, -0.25) is 9.69 Å². The van der Waals surface area contributed by atoms with Crippen molar-refractivity contribution in [2.24, 2.45) is 0 Å². The summed E-state index contributed by atoms with van der Waals surface area (Å²) in [5.41, 5.74) is 2.77. The van der Waals surface area contributed by atoms with Gasteiger partial charge in [0.2, 0.25) is 5.91 Å². The number of aliphatic hydroxyl groups is 1. The highest BCUT2D eigenvalue weighted by Crippen LogP contribution is 2.35. The van der Waals surface area contributed by atoms with Crippen LogP contribution >= 0.6 is 0 Å². The third-order valence-electron chi connectivity index (χ3n) is 5.34. The number of hydrogen-bond donors (Lipinski definition) is 1. The van der Waals surface area contributed by atoms with Crippen molar-refractivity contribution in [2.45, 2.75) is 25.3 Å². The molecule has 1 aromatic carbocycles. The Morgan fingerprint density at radius 3 is 2.75 bits per heavy atom. The van der Waals surface area contributed by atoms with Crippen molar-refractivity contribution in [3.8, 4) is 0 Å². The highest BCUT2D eigenvalue weighted by molar-refractivity contribution is 5.78. The van der Waals surface area contributed by atoms with Crippen LogP contribution in [-0.2, 0) is 11.2 Å². The van der Waals surface area contributed by atoms with Gasteiger partial charge in [0.1, 0.15) is 0 Å². The number of hydrogen-bond acceptors (Lipinski definition) is 4. The zero-order valence-corrected chi connectivity index (χ0v) is 14.7. The van der Waals surface area contributed by atoms with Crippen molar-refractivity contribution in [3.05, 3.63) is 35.4 Å². The summed E-state index contributed by atoms with van der Waals surface area (Å²) in [6, 6.07) is 8.88. The Bertz CT molecular complexity index is 555. The molecule has 1 aliphatic carbocycles. The van der Waals surface area contributed by atoms with Crippen molar-refractivity contribution in [3.63, 3.8) is 0 Å². The number of aliphatic hydroxyl groups excluding tert-OH is 1. The van der Waals surface area contributed by atoms with E-state index in [1.807, 2.05) is 4.90 Å². The Balaban J connectivity index is 1.67. The molecule has 24 heavy (non-hydrogen) atoms. The molecule has 2 aliphatic rings. The van der Waals surface area contributed by atoms with Crippen LogP contribution in [0.2, 0.25) is 0 Å². The van der Waals surface area contributed by atoms with E-state index in [0.717, 1.165) is 45.6 Å². The highest BCUT2D eigenvalue weighted by atomic mass is 16.3. The molecule has 1 unspecified atom stereocenters. The summed E-state index contributed by atoms with van der Waals surface area (Å²) >= 11 is 0. The number of carbonyl (C=O) groups excluding carboxylic acids is 1. The number of aryl methyl sites for hydroxylation is 1. The Kier molecular flexibility index (Phi) is 5.87. The summed E-state index contributed by atoms with van der Waals surface area (Å²) in [4.78, 5) is 19.3. The van der Waals surface area contributed by atoms with Crippen molar-refractivity contribution >= 4 is 5.91 Å². The number of nitrogens with zero attached hydrogens (tertiary/aromatic N) is 3. The Hall–Kier alpha value is -1.43. The van der Waals surface area contributed by atoms with Crippen LogP contribution in [0.15, 0.2) is 24.3 Å². The number of amides is 1. The fraction of sp³-hybridized carbons (Fsp3) is 0.632. The van der Waals surface area contributed by atoms with Crippen LogP contribution in [0, 0.1) is 0 Å². The van der Waals surface area contributed by atoms with E-state index in [9.17, 15) is 9.90 Å². The first-order valence-electron chi connectivity index (χ1n) is 9.08. The summed E-state index contributed by atoms with van der Waals surface area (Å²) in [5.74, 6) is 0.227. The largest absolute Gasteiger partial charge is 0.396 e. The van der Waals surface area contributed by atoms with Crippen molar-refractivity contribution in [2.75, 3.05) is 52.9 Å². The molecular formula is C19H29N3O2. The van der Waals surface area contributed by atoms with Crippen LogP contribution in [0.1, 0.15) is 30.0 Å². The number of piperazine rings is 1. The van der Waals surface area contributed by atoms with Gasteiger partial charge in [-0.15, -0.1) is 0 Å². The second-order valence-corrected chi connectivity index (χ2v) is 6.98. The first-order valence-corrected chi connectivity index (χ1v) is 9.08.